The van der Waals surface area contributed by atoms with Gasteiger partial charge in [0.05, 0.1) is 23.9 Å². The summed E-state index contributed by atoms with van der Waals surface area (Å²) < 4.78 is 11.2. The summed E-state index contributed by atoms with van der Waals surface area (Å²) in [6.45, 7) is 7.61. The van der Waals surface area contributed by atoms with E-state index in [1.807, 2.05) is 36.6 Å². The van der Waals surface area contributed by atoms with E-state index >= 15 is 0 Å². The number of carbonyl (C=O) groups is 1. The number of hydrogen-bond acceptors (Lipinski definition) is 6. The van der Waals surface area contributed by atoms with Crippen molar-refractivity contribution in [3.05, 3.63) is 52.0 Å². The Kier molecular flexibility index (Phi) is 8.02. The number of ether oxygens (including phenoxy) is 2. The van der Waals surface area contributed by atoms with Gasteiger partial charge in [-0.1, -0.05) is 18.2 Å². The molecule has 7 heteroatoms. The first-order valence-corrected chi connectivity index (χ1v) is 10.5. The lowest BCUT2D eigenvalue weighted by molar-refractivity contribution is -0.116. The van der Waals surface area contributed by atoms with Crippen LogP contribution in [0.4, 0.5) is 0 Å². The second-order valence-corrected chi connectivity index (χ2v) is 7.68. The number of carbonyl (C=O) groups excluding carboxylic acids is 1. The first-order chi connectivity index (χ1) is 13.7. The molecule has 1 aromatic carbocycles. The van der Waals surface area contributed by atoms with Crippen molar-refractivity contribution in [3.63, 3.8) is 0 Å². The standard InChI is InChI=1S/C21H27N3O3S/c1-17-23-19(16-28-17)15-27-20-6-3-2-5-18(20)7-8-21(25)22-9-4-10-24-11-13-26-14-12-24/h2-3,5-8,16H,4,9-15H2,1H3,(H,22,25)/b8-7+. The third-order valence-electron chi connectivity index (χ3n) is 4.43. The molecule has 1 fully saturated rings. The van der Waals surface area contributed by atoms with Gasteiger partial charge in [-0.15, -0.1) is 11.3 Å². The topological polar surface area (TPSA) is 63.7 Å². The summed E-state index contributed by atoms with van der Waals surface area (Å²) in [5.41, 5.74) is 1.79. The number of aryl methyl sites for hydroxylation is 1. The molecule has 0 atom stereocenters. The molecule has 1 aliphatic heterocycles. The maximum absolute atomic E-state index is 12.1. The van der Waals surface area contributed by atoms with E-state index in [0.717, 1.165) is 61.3 Å². The Morgan fingerprint density at radius 3 is 2.96 bits per heavy atom. The smallest absolute Gasteiger partial charge is 0.244 e. The molecular formula is C21H27N3O3S. The average molecular weight is 402 g/mol. The number of nitrogens with one attached hydrogen (secondary N) is 1. The normalized spacial score (nSPS) is 15.0. The van der Waals surface area contributed by atoms with Crippen LogP contribution in [0.5, 0.6) is 5.75 Å². The summed E-state index contributed by atoms with van der Waals surface area (Å²) in [5, 5.41) is 5.96. The maximum atomic E-state index is 12.1. The predicted octanol–water partition coefficient (Wildman–Crippen LogP) is 2.88. The number of rotatable bonds is 9. The molecule has 0 bridgehead atoms. The highest BCUT2D eigenvalue weighted by molar-refractivity contribution is 7.09. The zero-order valence-corrected chi connectivity index (χ0v) is 17.0. The van der Waals surface area contributed by atoms with E-state index in [-0.39, 0.29) is 5.91 Å². The Balaban J connectivity index is 1.43. The van der Waals surface area contributed by atoms with Crippen molar-refractivity contribution in [1.29, 1.82) is 0 Å². The van der Waals surface area contributed by atoms with Crippen LogP contribution in [-0.2, 0) is 16.1 Å². The third-order valence-corrected chi connectivity index (χ3v) is 5.25. The van der Waals surface area contributed by atoms with Crippen molar-refractivity contribution in [2.75, 3.05) is 39.4 Å². The van der Waals surface area contributed by atoms with E-state index in [1.165, 1.54) is 0 Å². The SMILES string of the molecule is Cc1nc(COc2ccccc2/C=C/C(=O)NCCCN2CCOCC2)cs1. The minimum absolute atomic E-state index is 0.0908. The van der Waals surface area contributed by atoms with Gasteiger partial charge in [-0.05, 0) is 32.0 Å². The van der Waals surface area contributed by atoms with Crippen LogP contribution < -0.4 is 10.1 Å². The fraction of sp³-hybridized carbons (Fsp3) is 0.429. The molecule has 0 spiro atoms. The molecule has 6 nitrogen and oxygen atoms in total. The van der Waals surface area contributed by atoms with Gasteiger partial charge >= 0.3 is 0 Å². The summed E-state index contributed by atoms with van der Waals surface area (Å²) in [6.07, 6.45) is 4.29. The quantitative estimate of drug-likeness (QED) is 0.517. The van der Waals surface area contributed by atoms with E-state index in [0.29, 0.717) is 13.2 Å². The van der Waals surface area contributed by atoms with Crippen LogP contribution in [0.3, 0.4) is 0 Å². The molecule has 1 saturated heterocycles. The molecule has 3 rings (SSSR count). The first-order valence-electron chi connectivity index (χ1n) is 9.59. The van der Waals surface area contributed by atoms with Gasteiger partial charge in [0.25, 0.3) is 0 Å². The fourth-order valence-electron chi connectivity index (χ4n) is 2.94. The number of morpholine rings is 1. The summed E-state index contributed by atoms with van der Waals surface area (Å²) in [6, 6.07) is 7.69. The molecule has 0 aliphatic carbocycles. The molecule has 0 unspecified atom stereocenters. The molecule has 1 aliphatic rings. The minimum atomic E-state index is -0.0908. The van der Waals surface area contributed by atoms with Crippen LogP contribution >= 0.6 is 11.3 Å². The molecular weight excluding hydrogens is 374 g/mol. The Hall–Kier alpha value is -2.22. The molecule has 2 aromatic rings. The van der Waals surface area contributed by atoms with Crippen LogP contribution in [0.25, 0.3) is 6.08 Å². The molecule has 150 valence electrons. The van der Waals surface area contributed by atoms with Crippen molar-refractivity contribution in [3.8, 4) is 5.75 Å². The second-order valence-electron chi connectivity index (χ2n) is 6.62. The van der Waals surface area contributed by atoms with E-state index in [2.05, 4.69) is 15.2 Å². The van der Waals surface area contributed by atoms with Gasteiger partial charge in [0.15, 0.2) is 0 Å². The van der Waals surface area contributed by atoms with Crippen LogP contribution in [0.15, 0.2) is 35.7 Å². The van der Waals surface area contributed by atoms with Gasteiger partial charge in [0.2, 0.25) is 5.91 Å². The van der Waals surface area contributed by atoms with E-state index in [9.17, 15) is 4.79 Å². The highest BCUT2D eigenvalue weighted by Crippen LogP contribution is 2.21. The second kappa shape index (κ2) is 10.9. The monoisotopic (exact) mass is 401 g/mol. The van der Waals surface area contributed by atoms with Crippen molar-refractivity contribution in [2.24, 2.45) is 0 Å². The lowest BCUT2D eigenvalue weighted by Gasteiger charge is -2.26. The van der Waals surface area contributed by atoms with E-state index in [4.69, 9.17) is 9.47 Å². The lowest BCUT2D eigenvalue weighted by Crippen LogP contribution is -2.38. The summed E-state index contributed by atoms with van der Waals surface area (Å²) in [7, 11) is 0. The number of nitrogens with zero attached hydrogens (tertiary/aromatic N) is 2. The van der Waals surface area contributed by atoms with Crippen molar-refractivity contribution in [1.82, 2.24) is 15.2 Å². The highest BCUT2D eigenvalue weighted by atomic mass is 32.1. The molecule has 28 heavy (non-hydrogen) atoms. The van der Waals surface area contributed by atoms with Crippen LogP contribution in [0.2, 0.25) is 0 Å². The zero-order valence-electron chi connectivity index (χ0n) is 16.2. The lowest BCUT2D eigenvalue weighted by atomic mass is 10.2. The average Bonchev–Trinajstić information content (AvgIpc) is 3.14. The third kappa shape index (κ3) is 6.74. The fourth-order valence-corrected chi connectivity index (χ4v) is 3.54. The number of amides is 1. The summed E-state index contributed by atoms with van der Waals surface area (Å²) in [4.78, 5) is 18.9. The van der Waals surface area contributed by atoms with Crippen LogP contribution in [0.1, 0.15) is 22.7 Å². The first kappa shape index (κ1) is 20.5. The van der Waals surface area contributed by atoms with Crippen molar-refractivity contribution < 1.29 is 14.3 Å². The van der Waals surface area contributed by atoms with Crippen LogP contribution in [-0.4, -0.2) is 55.2 Å². The molecule has 0 radical (unpaired) electrons. The zero-order chi connectivity index (χ0) is 19.6. The Labute approximate surface area is 170 Å². The number of thiazole rings is 1. The van der Waals surface area contributed by atoms with Crippen molar-refractivity contribution >= 4 is 23.3 Å². The molecule has 1 amide bonds. The van der Waals surface area contributed by atoms with Crippen LogP contribution in [0, 0.1) is 6.92 Å². The van der Waals surface area contributed by atoms with Gasteiger partial charge < -0.3 is 14.8 Å². The molecule has 2 heterocycles. The number of benzene rings is 1. The molecule has 1 N–H and O–H groups in total. The van der Waals surface area contributed by atoms with E-state index < -0.39 is 0 Å². The van der Waals surface area contributed by atoms with Gasteiger partial charge in [0.1, 0.15) is 12.4 Å². The Morgan fingerprint density at radius 1 is 1.36 bits per heavy atom. The Bertz CT molecular complexity index is 785. The Morgan fingerprint density at radius 2 is 2.18 bits per heavy atom. The predicted molar refractivity (Wildman–Crippen MR) is 112 cm³/mol. The number of aromatic nitrogens is 1. The van der Waals surface area contributed by atoms with Crippen molar-refractivity contribution in [2.45, 2.75) is 20.0 Å². The highest BCUT2D eigenvalue weighted by Gasteiger charge is 2.09. The minimum Gasteiger partial charge on any atom is -0.487 e. The van der Waals surface area contributed by atoms with Gasteiger partial charge in [-0.3, -0.25) is 9.69 Å². The summed E-state index contributed by atoms with van der Waals surface area (Å²) >= 11 is 1.61. The van der Waals surface area contributed by atoms with Gasteiger partial charge in [-0.25, -0.2) is 4.98 Å². The van der Waals surface area contributed by atoms with Gasteiger partial charge in [-0.2, -0.15) is 0 Å². The maximum Gasteiger partial charge on any atom is 0.244 e. The summed E-state index contributed by atoms with van der Waals surface area (Å²) in [5.74, 6) is 0.649. The molecule has 1 aromatic heterocycles. The number of para-hydroxylation sites is 1. The van der Waals surface area contributed by atoms with Gasteiger partial charge in [0, 0.05) is 36.7 Å². The van der Waals surface area contributed by atoms with E-state index in [1.54, 1.807) is 23.5 Å². The largest absolute Gasteiger partial charge is 0.487 e. The molecule has 0 saturated carbocycles. The number of hydrogen-bond donors (Lipinski definition) is 1.